The molecule has 11 heavy (non-hydrogen) atoms. The molecule has 1 fully saturated rings. The summed E-state index contributed by atoms with van der Waals surface area (Å²) in [5.41, 5.74) is 0. The molecule has 0 aromatic carbocycles. The number of carboxylic acid groups (broad SMARTS) is 1. The molecule has 0 heterocycles. The Labute approximate surface area is 87.5 Å². The van der Waals surface area contributed by atoms with Crippen LogP contribution < -0.4 is 0 Å². The summed E-state index contributed by atoms with van der Waals surface area (Å²) in [5.74, 6) is -0.635. The fraction of sp³-hybridized carbons (Fsp3) is 0.875. The Morgan fingerprint density at radius 2 is 1.55 bits per heavy atom. The van der Waals surface area contributed by atoms with Crippen LogP contribution in [0.2, 0.25) is 0 Å². The molecular weight excluding hydrogens is 332 g/mol. The molecule has 0 unspecified atom stereocenters. The molecule has 1 rings (SSSR count). The fourth-order valence-electron chi connectivity index (χ4n) is 1.53. The summed E-state index contributed by atoms with van der Waals surface area (Å²) in [6, 6.07) is 0. The van der Waals surface area contributed by atoms with E-state index in [1.165, 1.54) is 12.8 Å². The smallest absolute Gasteiger partial charge is 0.306 e. The number of carboxylic acids is 1. The second-order valence-electron chi connectivity index (χ2n) is 3.03. The summed E-state index contributed by atoms with van der Waals surface area (Å²) in [6.07, 6.45) is 6.46. The minimum Gasteiger partial charge on any atom is -0.481 e. The van der Waals surface area contributed by atoms with Crippen LogP contribution >= 0.6 is 0 Å². The molecule has 0 saturated heterocycles. The minimum atomic E-state index is -0.595. The largest absolute Gasteiger partial charge is 0.481 e. The Hall–Kier alpha value is 0.392. The number of carbonyl (C=O) groups is 1. The first-order valence-electron chi connectivity index (χ1n) is 4.03. The van der Waals surface area contributed by atoms with Gasteiger partial charge in [0, 0.05) is 27.3 Å². The molecule has 0 bridgehead atoms. The Balaban J connectivity index is 0.000001000. The zero-order valence-electron chi connectivity index (χ0n) is 6.75. The summed E-state index contributed by atoms with van der Waals surface area (Å²) < 4.78 is 0. The van der Waals surface area contributed by atoms with Crippen molar-refractivity contribution in [3.8, 4) is 0 Å². The second kappa shape index (κ2) is 5.97. The predicted molar refractivity (Wildman–Crippen MR) is 44.6 cm³/mol. The van der Waals surface area contributed by atoms with Crippen molar-refractivity contribution in [1.29, 1.82) is 0 Å². The van der Waals surface area contributed by atoms with Crippen molar-refractivity contribution in [3.05, 3.63) is 0 Å². The molecule has 0 aromatic heterocycles. The van der Waals surface area contributed by atoms with Crippen molar-refractivity contribution in [2.75, 3.05) is 0 Å². The predicted octanol–water partition coefficient (Wildman–Crippen LogP) is 1.66. The maximum absolute atomic E-state index is 10.5. The van der Waals surface area contributed by atoms with Gasteiger partial charge in [0.1, 0.15) is 0 Å². The van der Waals surface area contributed by atoms with Crippen LogP contribution in [0, 0.1) is 5.92 Å². The van der Waals surface area contributed by atoms with Crippen molar-refractivity contribution < 1.29 is 9.90 Å². The van der Waals surface area contributed by atoms with Crippen molar-refractivity contribution >= 4 is 33.3 Å². The van der Waals surface area contributed by atoms with Crippen LogP contribution in [0.1, 0.15) is 38.5 Å². The molecule has 0 atom stereocenters. The van der Waals surface area contributed by atoms with Crippen molar-refractivity contribution in [2.45, 2.75) is 38.5 Å². The van der Waals surface area contributed by atoms with Gasteiger partial charge in [0.25, 0.3) is 0 Å². The Bertz CT molecular complexity index is 117. The average Bonchev–Trinajstić information content (AvgIpc) is 2.12. The molecule has 0 amide bonds. The van der Waals surface area contributed by atoms with E-state index in [9.17, 15) is 4.79 Å². The molecule has 61 valence electrons. The minimum absolute atomic E-state index is 0. The first-order valence-corrected chi connectivity index (χ1v) is 4.03. The summed E-state index contributed by atoms with van der Waals surface area (Å²) in [6.45, 7) is 0. The molecule has 0 aromatic rings. The van der Waals surface area contributed by atoms with Gasteiger partial charge in [-0.05, 0) is 12.8 Å². The van der Waals surface area contributed by atoms with Crippen LogP contribution in [0.3, 0.4) is 0 Å². The van der Waals surface area contributed by atoms with Gasteiger partial charge in [0.15, 0.2) is 0 Å². The zero-order chi connectivity index (χ0) is 7.40. The van der Waals surface area contributed by atoms with Crippen molar-refractivity contribution in [2.24, 2.45) is 5.92 Å². The molecule has 0 spiro atoms. The van der Waals surface area contributed by atoms with E-state index in [0.29, 0.717) is 0 Å². The monoisotopic (exact) mass is 347 g/mol. The number of aliphatic carboxylic acids is 1. The molecule has 1 radical (unpaired) electrons. The van der Waals surface area contributed by atoms with Gasteiger partial charge in [-0.2, -0.15) is 0 Å². The Morgan fingerprint density at radius 1 is 1.09 bits per heavy atom. The van der Waals surface area contributed by atoms with E-state index in [-0.39, 0.29) is 33.2 Å². The summed E-state index contributed by atoms with van der Waals surface area (Å²) in [5, 5.41) is 8.66. The van der Waals surface area contributed by atoms with Crippen LogP contribution in [-0.2, 0) is 4.79 Å². The molecule has 0 aliphatic heterocycles. The number of rotatable bonds is 1. The first kappa shape index (κ1) is 11.4. The van der Waals surface area contributed by atoms with Gasteiger partial charge in [-0.3, -0.25) is 4.79 Å². The second-order valence-corrected chi connectivity index (χ2v) is 3.03. The molecule has 1 N–H and O–H groups in total. The molecular formula is C8H14O2Tl. The number of hydrogen-bond acceptors (Lipinski definition) is 1. The van der Waals surface area contributed by atoms with Crippen LogP contribution in [0.15, 0.2) is 0 Å². The molecule has 1 aliphatic rings. The topological polar surface area (TPSA) is 37.3 Å². The molecule has 2 nitrogen and oxygen atoms in total. The first-order chi connectivity index (χ1) is 4.80. The van der Waals surface area contributed by atoms with Crippen LogP contribution in [0.5, 0.6) is 0 Å². The van der Waals surface area contributed by atoms with E-state index in [0.717, 1.165) is 25.7 Å². The average molecular weight is 347 g/mol. The maximum Gasteiger partial charge on any atom is 0.306 e. The van der Waals surface area contributed by atoms with E-state index in [4.69, 9.17) is 5.11 Å². The third-order valence-corrected chi connectivity index (χ3v) is 2.20. The van der Waals surface area contributed by atoms with E-state index in [1.807, 2.05) is 0 Å². The zero-order valence-corrected chi connectivity index (χ0v) is 11.2. The van der Waals surface area contributed by atoms with Gasteiger partial charge in [-0.25, -0.2) is 0 Å². The third kappa shape index (κ3) is 4.08. The standard InChI is InChI=1S/C8H14O2.Tl/c9-8(10)7-5-3-1-2-4-6-7;/h7H,1-6H2,(H,9,10);. The quantitative estimate of drug-likeness (QED) is 0.579. The van der Waals surface area contributed by atoms with E-state index in [2.05, 4.69) is 0 Å². The van der Waals surface area contributed by atoms with Crippen molar-refractivity contribution in [1.82, 2.24) is 0 Å². The molecule has 1 saturated carbocycles. The van der Waals surface area contributed by atoms with Gasteiger partial charge in [-0.15, -0.1) is 0 Å². The van der Waals surface area contributed by atoms with E-state index >= 15 is 0 Å². The van der Waals surface area contributed by atoms with Crippen LogP contribution in [0.25, 0.3) is 0 Å². The van der Waals surface area contributed by atoms with Crippen LogP contribution in [-0.4, -0.2) is 38.4 Å². The van der Waals surface area contributed by atoms with E-state index < -0.39 is 5.97 Å². The Morgan fingerprint density at radius 3 is 1.91 bits per heavy atom. The molecule has 3 heteroatoms. The van der Waals surface area contributed by atoms with Crippen molar-refractivity contribution in [3.63, 3.8) is 0 Å². The third-order valence-electron chi connectivity index (χ3n) is 2.20. The van der Waals surface area contributed by atoms with Gasteiger partial charge in [0.2, 0.25) is 0 Å². The van der Waals surface area contributed by atoms with Gasteiger partial charge >= 0.3 is 5.97 Å². The van der Waals surface area contributed by atoms with Gasteiger partial charge in [0.05, 0.1) is 5.92 Å². The van der Waals surface area contributed by atoms with E-state index in [1.54, 1.807) is 0 Å². The summed E-state index contributed by atoms with van der Waals surface area (Å²) >= 11 is 0. The Kier molecular flexibility index (Phi) is 6.18. The maximum atomic E-state index is 10.5. The number of hydrogen-bond donors (Lipinski definition) is 1. The summed E-state index contributed by atoms with van der Waals surface area (Å²) in [7, 11) is 0. The van der Waals surface area contributed by atoms with Crippen LogP contribution in [0.4, 0.5) is 0 Å². The normalized spacial score (nSPS) is 20.0. The fourth-order valence-corrected chi connectivity index (χ4v) is 1.53. The SMILES string of the molecule is O=C(O)C1CCCCCC1.[Tl]. The summed E-state index contributed by atoms with van der Waals surface area (Å²) in [4.78, 5) is 10.5. The van der Waals surface area contributed by atoms with Gasteiger partial charge < -0.3 is 5.11 Å². The van der Waals surface area contributed by atoms with Gasteiger partial charge in [-0.1, -0.05) is 25.7 Å². The molecule has 1 aliphatic carbocycles.